The molecule has 4 aliphatic rings. The Morgan fingerprint density at radius 3 is 2.43 bits per heavy atom. The fourth-order valence-corrected chi connectivity index (χ4v) is 7.68. The van der Waals surface area contributed by atoms with Crippen molar-refractivity contribution in [3.8, 4) is 16.6 Å². The number of halogens is 2. The molecule has 222 valence electrons. The van der Waals surface area contributed by atoms with Crippen LogP contribution in [0.4, 0.5) is 14.6 Å². The monoisotopic (exact) mass is 618 g/mol. The maximum atomic E-state index is 13.6. The van der Waals surface area contributed by atoms with Crippen LogP contribution in [0.3, 0.4) is 0 Å². The summed E-state index contributed by atoms with van der Waals surface area (Å²) in [5, 5.41) is 22.0. The smallest absolute Gasteiger partial charge is 0.291 e. The number of rotatable bonds is 9. The van der Waals surface area contributed by atoms with E-state index in [9.17, 15) is 27.3 Å². The third-order valence-corrected chi connectivity index (χ3v) is 11.0. The number of methoxy groups -OCH3 is 1. The highest BCUT2D eigenvalue weighted by Crippen LogP contribution is 2.47. The Hall–Kier alpha value is -3.26. The average molecular weight is 619 g/mol. The molecule has 4 heterocycles. The van der Waals surface area contributed by atoms with Gasteiger partial charge in [-0.3, -0.25) is 4.79 Å². The number of sulfonamides is 1. The second-order valence-corrected chi connectivity index (χ2v) is 14.1. The summed E-state index contributed by atoms with van der Waals surface area (Å²) in [4.78, 5) is 16.7. The molecule has 0 aromatic carbocycles. The van der Waals surface area contributed by atoms with Crippen LogP contribution in [0.15, 0.2) is 17.0 Å². The predicted octanol–water partition coefficient (Wildman–Crippen LogP) is 2.83. The van der Waals surface area contributed by atoms with Crippen LogP contribution in [0.25, 0.3) is 16.1 Å². The van der Waals surface area contributed by atoms with Crippen molar-refractivity contribution in [1.82, 2.24) is 29.4 Å². The number of hydrogen-bond acceptors (Lipinski definition) is 10. The molecule has 42 heavy (non-hydrogen) atoms. The number of nitrogens with zero attached hydrogens (tertiary/aromatic N) is 7. The van der Waals surface area contributed by atoms with Gasteiger partial charge in [-0.2, -0.15) is 15.1 Å². The number of carbonyl (C=O) groups excluding carboxylic acids is 1. The molecule has 0 unspecified atom stereocenters. The first-order chi connectivity index (χ1) is 20.1. The van der Waals surface area contributed by atoms with Crippen molar-refractivity contribution in [3.05, 3.63) is 22.8 Å². The number of nitrogens with one attached hydrogen (secondary N) is 1. The van der Waals surface area contributed by atoms with Crippen molar-refractivity contribution < 1.29 is 26.7 Å². The van der Waals surface area contributed by atoms with Crippen molar-refractivity contribution >= 4 is 38.6 Å². The molecule has 0 bridgehead atoms. The maximum absolute atomic E-state index is 13.6. The number of hydrogen-bond donors (Lipinski definition) is 1. The van der Waals surface area contributed by atoms with Crippen LogP contribution in [0.5, 0.6) is 0 Å². The first-order valence-electron chi connectivity index (χ1n) is 13.8. The SMILES string of the molecule is COC1(C(=O)N2CCN(c3cc(S(=O)(=O)NC4(C#N)CC4)cc4c(-c5nnc(C(F)F)s5)c(C5CC5)nn34)CC2)CC1. The van der Waals surface area contributed by atoms with Gasteiger partial charge in [0.05, 0.1) is 27.7 Å². The van der Waals surface area contributed by atoms with E-state index in [0.717, 1.165) is 24.2 Å². The van der Waals surface area contributed by atoms with E-state index in [-0.39, 0.29) is 21.7 Å². The molecule has 12 nitrogen and oxygen atoms in total. The minimum Gasteiger partial charge on any atom is -0.368 e. The Balaban J connectivity index is 1.32. The lowest BCUT2D eigenvalue weighted by molar-refractivity contribution is -0.144. The number of aromatic nitrogens is 4. The molecule has 0 spiro atoms. The van der Waals surface area contributed by atoms with Crippen LogP contribution in [0.1, 0.15) is 61.6 Å². The molecule has 7 rings (SSSR count). The van der Waals surface area contributed by atoms with Gasteiger partial charge < -0.3 is 14.5 Å². The number of fused-ring (bicyclic) bond motifs is 1. The zero-order valence-corrected chi connectivity index (χ0v) is 24.3. The van der Waals surface area contributed by atoms with Gasteiger partial charge in [0.25, 0.3) is 12.3 Å². The Labute approximate surface area is 244 Å². The second-order valence-electron chi connectivity index (χ2n) is 11.4. The lowest BCUT2D eigenvalue weighted by Crippen LogP contribution is -2.53. The number of ether oxygens (including phenoxy) is 1. The Morgan fingerprint density at radius 1 is 1.17 bits per heavy atom. The van der Waals surface area contributed by atoms with Crippen LogP contribution in [-0.4, -0.2) is 83.5 Å². The second kappa shape index (κ2) is 9.63. The summed E-state index contributed by atoms with van der Waals surface area (Å²) in [6.45, 7) is 1.66. The number of carbonyl (C=O) groups is 1. The number of amides is 1. The molecule has 1 N–H and O–H groups in total. The van der Waals surface area contributed by atoms with E-state index in [4.69, 9.17) is 9.84 Å². The Bertz CT molecular complexity index is 1730. The van der Waals surface area contributed by atoms with E-state index in [2.05, 4.69) is 21.0 Å². The van der Waals surface area contributed by atoms with E-state index in [1.165, 1.54) is 12.1 Å². The summed E-state index contributed by atoms with van der Waals surface area (Å²) in [5.74, 6) is 0.544. The van der Waals surface area contributed by atoms with E-state index in [0.29, 0.717) is 74.5 Å². The van der Waals surface area contributed by atoms with Gasteiger partial charge in [0, 0.05) is 45.3 Å². The molecule has 1 saturated heterocycles. The summed E-state index contributed by atoms with van der Waals surface area (Å²) in [6, 6.07) is 5.04. The molecule has 1 aliphatic heterocycles. The summed E-state index contributed by atoms with van der Waals surface area (Å²) >= 11 is 0.762. The fourth-order valence-electron chi connectivity index (χ4n) is 5.51. The van der Waals surface area contributed by atoms with Gasteiger partial charge in [-0.15, -0.1) is 10.2 Å². The molecular weight excluding hydrogens is 590 g/mol. The summed E-state index contributed by atoms with van der Waals surface area (Å²) in [7, 11) is -2.59. The lowest BCUT2D eigenvalue weighted by Gasteiger charge is -2.37. The van der Waals surface area contributed by atoms with Gasteiger partial charge in [-0.1, -0.05) is 11.3 Å². The summed E-state index contributed by atoms with van der Waals surface area (Å²) in [6.07, 6.45) is 1.17. The standard InChI is InChI=1S/C26H28F2N8O4S2/c1-40-26(6-7-26)24(37)35-10-8-34(9-11-35)18-13-16(42(38,39)33-25(14-29)4-5-25)12-17-19(20(15-2-3-15)32-36(17)18)22-30-31-23(41-22)21(27)28/h12-13,15,21,33H,2-11H2,1H3. The highest BCUT2D eigenvalue weighted by atomic mass is 32.2. The van der Waals surface area contributed by atoms with E-state index in [1.54, 1.807) is 16.5 Å². The first kappa shape index (κ1) is 27.6. The van der Waals surface area contributed by atoms with Gasteiger partial charge in [-0.05, 0) is 44.6 Å². The Kier molecular flexibility index (Phi) is 6.32. The van der Waals surface area contributed by atoms with E-state index in [1.807, 2.05) is 4.90 Å². The van der Waals surface area contributed by atoms with Crippen molar-refractivity contribution in [3.63, 3.8) is 0 Å². The van der Waals surface area contributed by atoms with Crippen molar-refractivity contribution in [2.45, 2.75) is 66.9 Å². The Morgan fingerprint density at radius 2 is 1.88 bits per heavy atom. The molecule has 0 radical (unpaired) electrons. The van der Waals surface area contributed by atoms with Gasteiger partial charge in [0.15, 0.2) is 10.0 Å². The van der Waals surface area contributed by atoms with Gasteiger partial charge in [0.2, 0.25) is 10.0 Å². The van der Waals surface area contributed by atoms with Gasteiger partial charge >= 0.3 is 0 Å². The summed E-state index contributed by atoms with van der Waals surface area (Å²) in [5.41, 5.74) is -0.306. The van der Waals surface area contributed by atoms with Crippen LogP contribution < -0.4 is 9.62 Å². The van der Waals surface area contributed by atoms with Gasteiger partial charge in [-0.25, -0.2) is 21.7 Å². The third-order valence-electron chi connectivity index (χ3n) is 8.50. The van der Waals surface area contributed by atoms with Gasteiger partial charge in [0.1, 0.15) is 17.0 Å². The molecule has 4 fully saturated rings. The molecule has 3 aliphatic carbocycles. The molecule has 16 heteroatoms. The summed E-state index contributed by atoms with van der Waals surface area (Å²) < 4.78 is 63.8. The zero-order chi connectivity index (χ0) is 29.4. The molecule has 3 aromatic heterocycles. The van der Waals surface area contributed by atoms with E-state index >= 15 is 0 Å². The van der Waals surface area contributed by atoms with Crippen molar-refractivity contribution in [1.29, 1.82) is 5.26 Å². The minimum absolute atomic E-state index is 0.0370. The molecule has 3 saturated carbocycles. The third kappa shape index (κ3) is 4.62. The zero-order valence-electron chi connectivity index (χ0n) is 22.7. The average Bonchev–Trinajstić information content (AvgIpc) is 3.93. The molecule has 3 aromatic rings. The highest BCUT2D eigenvalue weighted by molar-refractivity contribution is 7.89. The quantitative estimate of drug-likeness (QED) is 0.383. The van der Waals surface area contributed by atoms with E-state index < -0.39 is 32.6 Å². The largest absolute Gasteiger partial charge is 0.368 e. The molecule has 0 atom stereocenters. The number of alkyl halides is 2. The van der Waals surface area contributed by atoms with Crippen molar-refractivity contribution in [2.75, 3.05) is 38.2 Å². The normalized spacial score (nSPS) is 21.1. The number of pyridine rings is 1. The fraction of sp³-hybridized carbons (Fsp3) is 0.577. The maximum Gasteiger partial charge on any atom is 0.291 e. The molecular formula is C26H28F2N8O4S2. The van der Waals surface area contributed by atoms with Crippen LogP contribution >= 0.6 is 11.3 Å². The topological polar surface area (TPSA) is 146 Å². The lowest BCUT2D eigenvalue weighted by atomic mass is 10.1. The number of anilines is 1. The number of nitriles is 1. The van der Waals surface area contributed by atoms with Crippen molar-refractivity contribution in [2.24, 2.45) is 0 Å². The predicted molar refractivity (Wildman–Crippen MR) is 147 cm³/mol. The molecule has 1 amide bonds. The minimum atomic E-state index is -4.14. The van der Waals surface area contributed by atoms with Crippen LogP contribution in [-0.2, 0) is 19.6 Å². The van der Waals surface area contributed by atoms with Crippen LogP contribution in [0, 0.1) is 11.3 Å². The van der Waals surface area contributed by atoms with Crippen LogP contribution in [0.2, 0.25) is 0 Å². The highest BCUT2D eigenvalue weighted by Gasteiger charge is 2.53. The number of piperazine rings is 1. The first-order valence-corrected chi connectivity index (χ1v) is 16.1.